The van der Waals surface area contributed by atoms with Crippen molar-refractivity contribution in [2.24, 2.45) is 0 Å². The summed E-state index contributed by atoms with van der Waals surface area (Å²) in [5, 5.41) is 9.60. The van der Waals surface area contributed by atoms with Crippen LogP contribution in [-0.2, 0) is 9.59 Å². The molecule has 13 heavy (non-hydrogen) atoms. The van der Waals surface area contributed by atoms with E-state index < -0.39 is 24.6 Å². The second-order valence-electron chi connectivity index (χ2n) is 2.98. The van der Waals surface area contributed by atoms with Gasteiger partial charge in [-0.1, -0.05) is 0 Å². The number of aliphatic hydroxyl groups is 1. The quantitative estimate of drug-likeness (QED) is 0.396. The molecule has 4 heteroatoms. The van der Waals surface area contributed by atoms with E-state index in [1.54, 1.807) is 0 Å². The normalized spacial score (nSPS) is 31.6. The molecular weight excluding hydrogens is 170 g/mol. The second-order valence-corrected chi connectivity index (χ2v) is 2.98. The minimum atomic E-state index is -2.43. The van der Waals surface area contributed by atoms with Gasteiger partial charge in [0.25, 0.3) is 0 Å². The number of β-amino-alcohol motifs (C(OH)–C–C–N with tert-alkyl or cyclic N) is 1. The first-order valence-corrected chi connectivity index (χ1v) is 3.78. The monoisotopic (exact) mass is 182 g/mol. The number of hydrogen-bond acceptors (Lipinski definition) is 4. The molecular formula is C9H9NO3. The van der Waals surface area contributed by atoms with Crippen LogP contribution in [0.5, 0.6) is 0 Å². The lowest BCUT2D eigenvalue weighted by atomic mass is 10.0. The molecule has 0 aromatic carbocycles. The number of hydrogen-bond donors (Lipinski definition) is 1. The Bertz CT molecular complexity index is 436. The van der Waals surface area contributed by atoms with E-state index in [0.29, 0.717) is 0 Å². The molecule has 1 aliphatic heterocycles. The van der Waals surface area contributed by atoms with Crippen molar-refractivity contribution in [3.8, 4) is 0 Å². The number of ketones is 2. The van der Waals surface area contributed by atoms with Crippen LogP contribution < -0.4 is 0 Å². The Kier molecular flexibility index (Phi) is 1.04. The van der Waals surface area contributed by atoms with Gasteiger partial charge in [-0.15, -0.1) is 0 Å². The molecule has 68 valence electrons. The second kappa shape index (κ2) is 2.53. The van der Waals surface area contributed by atoms with Crippen LogP contribution in [0.2, 0.25) is 0 Å². The SMILES string of the molecule is [2H]C([2H])([2H])N1CC(O)C2=CC(=O)C(=O)C=C21. The van der Waals surface area contributed by atoms with Gasteiger partial charge in [-0.2, -0.15) is 0 Å². The van der Waals surface area contributed by atoms with Crippen molar-refractivity contribution in [3.63, 3.8) is 0 Å². The molecule has 1 N–H and O–H groups in total. The third-order valence-electron chi connectivity index (χ3n) is 2.10. The van der Waals surface area contributed by atoms with Crippen LogP contribution in [0.1, 0.15) is 4.11 Å². The molecule has 0 saturated carbocycles. The molecule has 0 aromatic heterocycles. The predicted molar refractivity (Wildman–Crippen MR) is 44.8 cm³/mol. The van der Waals surface area contributed by atoms with Crippen LogP contribution in [-0.4, -0.2) is 41.2 Å². The number of rotatable bonds is 0. The maximum absolute atomic E-state index is 11.2. The van der Waals surface area contributed by atoms with Gasteiger partial charge in [0.2, 0.25) is 11.6 Å². The summed E-state index contributed by atoms with van der Waals surface area (Å²) in [5.74, 6) is -1.49. The van der Waals surface area contributed by atoms with E-state index in [0.717, 1.165) is 17.1 Å². The van der Waals surface area contributed by atoms with Crippen molar-refractivity contribution >= 4 is 11.6 Å². The summed E-state index contributed by atoms with van der Waals surface area (Å²) in [7, 11) is 0. The molecule has 1 unspecified atom stereocenters. The van der Waals surface area contributed by atoms with Crippen LogP contribution in [0, 0.1) is 0 Å². The molecule has 2 aliphatic rings. The molecule has 1 saturated heterocycles. The summed E-state index contributed by atoms with van der Waals surface area (Å²) in [6.07, 6.45) is 0.942. The van der Waals surface area contributed by atoms with Gasteiger partial charge in [0.05, 0.1) is 6.10 Å². The van der Waals surface area contributed by atoms with Crippen molar-refractivity contribution in [1.29, 1.82) is 0 Å². The molecule has 2 rings (SSSR count). The van der Waals surface area contributed by atoms with E-state index >= 15 is 0 Å². The summed E-state index contributed by atoms with van der Waals surface area (Å²) < 4.78 is 21.7. The Balaban J connectivity index is 2.45. The summed E-state index contributed by atoms with van der Waals surface area (Å²) in [4.78, 5) is 23.2. The van der Waals surface area contributed by atoms with Gasteiger partial charge < -0.3 is 10.0 Å². The zero-order chi connectivity index (χ0) is 12.1. The molecule has 1 aliphatic carbocycles. The van der Waals surface area contributed by atoms with Crippen LogP contribution in [0.25, 0.3) is 0 Å². The zero-order valence-corrected chi connectivity index (χ0v) is 6.65. The van der Waals surface area contributed by atoms with Crippen molar-refractivity contribution in [3.05, 3.63) is 23.4 Å². The molecule has 4 nitrogen and oxygen atoms in total. The summed E-state index contributed by atoms with van der Waals surface area (Å²) in [6.45, 7) is -2.56. The maximum Gasteiger partial charge on any atom is 0.227 e. The lowest BCUT2D eigenvalue weighted by Gasteiger charge is -2.13. The minimum absolute atomic E-state index is 0.122. The third kappa shape index (κ3) is 1.10. The van der Waals surface area contributed by atoms with Crippen molar-refractivity contribution in [1.82, 2.24) is 4.90 Å². The number of nitrogens with zero attached hydrogens (tertiary/aromatic N) is 1. The average Bonchev–Trinajstić information content (AvgIpc) is 2.45. The van der Waals surface area contributed by atoms with E-state index in [9.17, 15) is 14.7 Å². The molecule has 0 spiro atoms. The van der Waals surface area contributed by atoms with Crippen LogP contribution in [0.3, 0.4) is 0 Å². The first-order chi connectivity index (χ1) is 7.30. The van der Waals surface area contributed by atoms with Crippen LogP contribution in [0.4, 0.5) is 0 Å². The Hall–Kier alpha value is -1.42. The average molecular weight is 182 g/mol. The highest BCUT2D eigenvalue weighted by atomic mass is 16.3. The number of fused-ring (bicyclic) bond motifs is 1. The van der Waals surface area contributed by atoms with Gasteiger partial charge in [0, 0.05) is 35.0 Å². The Morgan fingerprint density at radius 3 is 2.92 bits per heavy atom. The predicted octanol–water partition coefficient (Wildman–Crippen LogP) is -0.745. The maximum atomic E-state index is 11.2. The summed E-state index contributed by atoms with van der Waals surface area (Å²) in [6, 6.07) is 0. The Labute approximate surface area is 79.4 Å². The van der Waals surface area contributed by atoms with Crippen molar-refractivity contribution < 1.29 is 18.8 Å². The fourth-order valence-corrected chi connectivity index (χ4v) is 1.44. The minimum Gasteiger partial charge on any atom is -0.386 e. The fourth-order valence-electron chi connectivity index (χ4n) is 1.44. The number of aliphatic hydroxyl groups excluding tert-OH is 1. The van der Waals surface area contributed by atoms with Crippen LogP contribution in [0.15, 0.2) is 23.4 Å². The number of allylic oxidation sites excluding steroid dienone is 2. The number of carbonyl (C=O) groups is 2. The summed E-state index contributed by atoms with van der Waals surface area (Å²) in [5.41, 5.74) is 0.331. The van der Waals surface area contributed by atoms with E-state index in [4.69, 9.17) is 4.11 Å². The zero-order valence-electron chi connectivity index (χ0n) is 9.65. The topological polar surface area (TPSA) is 57.6 Å². The van der Waals surface area contributed by atoms with E-state index in [1.807, 2.05) is 0 Å². The number of carbonyl (C=O) groups excluding carboxylic acids is 2. The molecule has 1 heterocycles. The van der Waals surface area contributed by atoms with Gasteiger partial charge in [0.1, 0.15) is 0 Å². The van der Waals surface area contributed by atoms with E-state index in [-0.39, 0.29) is 17.8 Å². The molecule has 1 fully saturated rings. The van der Waals surface area contributed by atoms with Gasteiger partial charge in [-0.25, -0.2) is 0 Å². The van der Waals surface area contributed by atoms with Gasteiger partial charge in [0.15, 0.2) is 0 Å². The fraction of sp³-hybridized carbons (Fsp3) is 0.333. The van der Waals surface area contributed by atoms with Gasteiger partial charge >= 0.3 is 0 Å². The lowest BCUT2D eigenvalue weighted by molar-refractivity contribution is -0.131. The highest BCUT2D eigenvalue weighted by molar-refractivity contribution is 6.46. The van der Waals surface area contributed by atoms with Crippen LogP contribution >= 0.6 is 0 Å². The smallest absolute Gasteiger partial charge is 0.227 e. The van der Waals surface area contributed by atoms with E-state index in [1.165, 1.54) is 0 Å². The standard InChI is InChI=1S/C9H9NO3/c1-10-4-9(13)5-2-7(11)8(12)3-6(5)10/h2-3,9,13H,4H2,1H3/i1D3. The summed E-state index contributed by atoms with van der Waals surface area (Å²) >= 11 is 0. The van der Waals surface area contributed by atoms with Gasteiger partial charge in [-0.05, 0) is 6.08 Å². The Morgan fingerprint density at radius 1 is 1.54 bits per heavy atom. The molecule has 0 bridgehead atoms. The van der Waals surface area contributed by atoms with Crippen molar-refractivity contribution in [2.45, 2.75) is 6.10 Å². The first kappa shape index (κ1) is 5.34. The largest absolute Gasteiger partial charge is 0.386 e. The van der Waals surface area contributed by atoms with E-state index in [2.05, 4.69) is 0 Å². The first-order valence-electron chi connectivity index (χ1n) is 5.28. The van der Waals surface area contributed by atoms with Gasteiger partial charge in [-0.3, -0.25) is 9.59 Å². The third-order valence-corrected chi connectivity index (χ3v) is 2.10. The molecule has 0 aromatic rings. The lowest BCUT2D eigenvalue weighted by Crippen LogP contribution is -2.18. The number of likely N-dealkylation sites (N-methyl/N-ethyl adjacent to an activating group) is 1. The number of likely N-dealkylation sites (tertiary alicyclic amines) is 1. The van der Waals surface area contributed by atoms with Crippen molar-refractivity contribution in [2.75, 3.05) is 13.5 Å². The highest BCUT2D eigenvalue weighted by Gasteiger charge is 2.32. The molecule has 1 atom stereocenters. The highest BCUT2D eigenvalue weighted by Crippen LogP contribution is 2.28. The molecule has 0 radical (unpaired) electrons. The Morgan fingerprint density at radius 2 is 2.23 bits per heavy atom. The molecule has 0 amide bonds.